The lowest BCUT2D eigenvalue weighted by Gasteiger charge is -2.14. The van der Waals surface area contributed by atoms with E-state index in [1.807, 2.05) is 6.07 Å². The molecule has 0 aliphatic carbocycles. The van der Waals surface area contributed by atoms with E-state index in [4.69, 9.17) is 4.74 Å². The standard InChI is InChI=1S/C20H20O5/c1-12-9-13(2)18(14(3)16(12)11-21)20(24)25-19(23)17(22)10-15-7-5-4-6-8-15/h4-9,11,17,22H,10H2,1-3H3. The maximum absolute atomic E-state index is 12.4. The van der Waals surface area contributed by atoms with Gasteiger partial charge in [-0.3, -0.25) is 4.79 Å². The van der Waals surface area contributed by atoms with E-state index in [1.54, 1.807) is 51.1 Å². The number of rotatable bonds is 5. The summed E-state index contributed by atoms with van der Waals surface area (Å²) in [6.07, 6.45) is -0.714. The number of ether oxygens (including phenoxy) is 1. The highest BCUT2D eigenvalue weighted by Crippen LogP contribution is 2.22. The smallest absolute Gasteiger partial charge is 0.346 e. The van der Waals surface area contributed by atoms with Crippen LogP contribution in [0.4, 0.5) is 0 Å². The molecule has 2 aromatic rings. The van der Waals surface area contributed by atoms with Crippen LogP contribution in [0.5, 0.6) is 0 Å². The molecule has 2 rings (SSSR count). The molecule has 0 fully saturated rings. The molecule has 5 heteroatoms. The summed E-state index contributed by atoms with van der Waals surface area (Å²) in [4.78, 5) is 35.6. The highest BCUT2D eigenvalue weighted by Gasteiger charge is 2.24. The van der Waals surface area contributed by atoms with Gasteiger partial charge in [-0.15, -0.1) is 0 Å². The van der Waals surface area contributed by atoms with Gasteiger partial charge in [-0.25, -0.2) is 9.59 Å². The average molecular weight is 340 g/mol. The number of carbonyl (C=O) groups is 3. The number of esters is 2. The van der Waals surface area contributed by atoms with Crippen molar-refractivity contribution in [2.75, 3.05) is 0 Å². The van der Waals surface area contributed by atoms with Gasteiger partial charge < -0.3 is 9.84 Å². The summed E-state index contributed by atoms with van der Waals surface area (Å²) in [7, 11) is 0. The van der Waals surface area contributed by atoms with E-state index in [-0.39, 0.29) is 12.0 Å². The highest BCUT2D eigenvalue weighted by molar-refractivity contribution is 6.01. The van der Waals surface area contributed by atoms with Crippen molar-refractivity contribution < 1.29 is 24.2 Å². The van der Waals surface area contributed by atoms with Gasteiger partial charge in [-0.1, -0.05) is 36.4 Å². The maximum Gasteiger partial charge on any atom is 0.346 e. The number of hydrogen-bond acceptors (Lipinski definition) is 5. The SMILES string of the molecule is Cc1cc(C)c(C(=O)OC(=O)C(O)Cc2ccccc2)c(C)c1C=O. The van der Waals surface area contributed by atoms with Crippen LogP contribution in [-0.4, -0.2) is 29.4 Å². The lowest BCUT2D eigenvalue weighted by Crippen LogP contribution is -2.28. The van der Waals surface area contributed by atoms with Crippen LogP contribution in [0.2, 0.25) is 0 Å². The van der Waals surface area contributed by atoms with Crippen LogP contribution in [0, 0.1) is 20.8 Å². The van der Waals surface area contributed by atoms with Crippen LogP contribution < -0.4 is 0 Å². The molecule has 0 aliphatic heterocycles. The van der Waals surface area contributed by atoms with Crippen LogP contribution in [0.3, 0.4) is 0 Å². The molecule has 0 heterocycles. The molecule has 1 atom stereocenters. The summed E-state index contributed by atoms with van der Waals surface area (Å²) in [5, 5.41) is 9.97. The van der Waals surface area contributed by atoms with E-state index >= 15 is 0 Å². The van der Waals surface area contributed by atoms with Crippen molar-refractivity contribution in [3.8, 4) is 0 Å². The number of aldehydes is 1. The van der Waals surface area contributed by atoms with Crippen LogP contribution in [0.15, 0.2) is 36.4 Å². The molecule has 0 amide bonds. The summed E-state index contributed by atoms with van der Waals surface area (Å²) in [5.74, 6) is -1.88. The number of aryl methyl sites for hydroxylation is 2. The molecular formula is C20H20O5. The Morgan fingerprint density at radius 2 is 1.76 bits per heavy atom. The zero-order valence-electron chi connectivity index (χ0n) is 14.4. The average Bonchev–Trinajstić information content (AvgIpc) is 2.55. The zero-order valence-corrected chi connectivity index (χ0v) is 14.4. The lowest BCUT2D eigenvalue weighted by atomic mass is 9.94. The fourth-order valence-electron chi connectivity index (χ4n) is 2.83. The number of aliphatic hydroxyl groups is 1. The predicted molar refractivity (Wildman–Crippen MR) is 92.6 cm³/mol. The van der Waals surface area contributed by atoms with Crippen LogP contribution in [-0.2, 0) is 16.0 Å². The molecule has 0 bridgehead atoms. The number of carbonyl (C=O) groups excluding carboxylic acids is 3. The van der Waals surface area contributed by atoms with Crippen LogP contribution in [0.1, 0.15) is 43.0 Å². The first kappa shape index (κ1) is 18.5. The minimum atomic E-state index is -1.44. The highest BCUT2D eigenvalue weighted by atomic mass is 16.6. The number of aliphatic hydroxyl groups excluding tert-OH is 1. The predicted octanol–water partition coefficient (Wildman–Crippen LogP) is 2.71. The molecule has 1 unspecified atom stereocenters. The molecule has 0 spiro atoms. The summed E-state index contributed by atoms with van der Waals surface area (Å²) < 4.78 is 4.83. The normalized spacial score (nSPS) is 11.7. The van der Waals surface area contributed by atoms with Crippen LogP contribution >= 0.6 is 0 Å². The van der Waals surface area contributed by atoms with E-state index in [9.17, 15) is 19.5 Å². The van der Waals surface area contributed by atoms with Crippen molar-refractivity contribution >= 4 is 18.2 Å². The fraction of sp³-hybridized carbons (Fsp3) is 0.250. The third-order valence-corrected chi connectivity index (χ3v) is 4.09. The van der Waals surface area contributed by atoms with Gasteiger partial charge in [0, 0.05) is 12.0 Å². The molecule has 0 aliphatic rings. The molecule has 0 radical (unpaired) electrons. The quantitative estimate of drug-likeness (QED) is 0.514. The van der Waals surface area contributed by atoms with Crippen LogP contribution in [0.25, 0.3) is 0 Å². The first-order chi connectivity index (χ1) is 11.8. The molecule has 130 valence electrons. The second-order valence-corrected chi connectivity index (χ2v) is 5.96. The van der Waals surface area contributed by atoms with Crippen molar-refractivity contribution in [1.29, 1.82) is 0 Å². The second-order valence-electron chi connectivity index (χ2n) is 5.96. The lowest BCUT2D eigenvalue weighted by molar-refractivity contribution is -0.147. The Labute approximate surface area is 146 Å². The first-order valence-electron chi connectivity index (χ1n) is 7.89. The van der Waals surface area contributed by atoms with E-state index in [1.165, 1.54) is 0 Å². The van der Waals surface area contributed by atoms with Gasteiger partial charge in [0.15, 0.2) is 12.4 Å². The number of hydrogen-bond donors (Lipinski definition) is 1. The molecular weight excluding hydrogens is 320 g/mol. The molecule has 5 nitrogen and oxygen atoms in total. The Morgan fingerprint density at radius 3 is 2.36 bits per heavy atom. The summed E-state index contributed by atoms with van der Waals surface area (Å²) in [6, 6.07) is 10.6. The van der Waals surface area contributed by atoms with Crippen molar-refractivity contribution in [3.63, 3.8) is 0 Å². The zero-order chi connectivity index (χ0) is 18.6. The van der Waals surface area contributed by atoms with Gasteiger partial charge in [-0.05, 0) is 43.0 Å². The number of benzene rings is 2. The summed E-state index contributed by atoms with van der Waals surface area (Å²) >= 11 is 0. The van der Waals surface area contributed by atoms with Gasteiger partial charge >= 0.3 is 11.9 Å². The minimum absolute atomic E-state index is 0.0540. The summed E-state index contributed by atoms with van der Waals surface area (Å²) in [5.41, 5.74) is 3.14. The molecule has 0 aromatic heterocycles. The van der Waals surface area contributed by atoms with E-state index in [2.05, 4.69) is 0 Å². The van der Waals surface area contributed by atoms with Gasteiger partial charge in [0.1, 0.15) is 0 Å². The van der Waals surface area contributed by atoms with E-state index in [0.717, 1.165) is 11.1 Å². The second kappa shape index (κ2) is 7.85. The summed E-state index contributed by atoms with van der Waals surface area (Å²) in [6.45, 7) is 5.11. The fourth-order valence-corrected chi connectivity index (χ4v) is 2.83. The van der Waals surface area contributed by atoms with Gasteiger partial charge in [-0.2, -0.15) is 0 Å². The first-order valence-corrected chi connectivity index (χ1v) is 7.89. The third kappa shape index (κ3) is 4.19. The monoisotopic (exact) mass is 340 g/mol. The molecule has 1 N–H and O–H groups in total. The molecule has 0 saturated heterocycles. The van der Waals surface area contributed by atoms with E-state index < -0.39 is 18.0 Å². The Kier molecular flexibility index (Phi) is 5.83. The minimum Gasteiger partial charge on any atom is -0.387 e. The van der Waals surface area contributed by atoms with E-state index in [0.29, 0.717) is 23.0 Å². The Balaban J connectivity index is 2.16. The van der Waals surface area contributed by atoms with Crippen molar-refractivity contribution in [2.24, 2.45) is 0 Å². The van der Waals surface area contributed by atoms with Gasteiger partial charge in [0.05, 0.1) is 5.56 Å². The Bertz CT molecular complexity index is 809. The topological polar surface area (TPSA) is 80.7 Å². The van der Waals surface area contributed by atoms with Gasteiger partial charge in [0.25, 0.3) is 0 Å². The molecule has 25 heavy (non-hydrogen) atoms. The third-order valence-electron chi connectivity index (χ3n) is 4.09. The Hall–Kier alpha value is -2.79. The van der Waals surface area contributed by atoms with Crippen molar-refractivity contribution in [1.82, 2.24) is 0 Å². The Morgan fingerprint density at radius 1 is 1.12 bits per heavy atom. The van der Waals surface area contributed by atoms with Gasteiger partial charge in [0.2, 0.25) is 0 Å². The molecule has 2 aromatic carbocycles. The maximum atomic E-state index is 12.4. The largest absolute Gasteiger partial charge is 0.387 e. The molecule has 0 saturated carbocycles. The van der Waals surface area contributed by atoms with Crippen molar-refractivity contribution in [2.45, 2.75) is 33.3 Å². The van der Waals surface area contributed by atoms with Crippen molar-refractivity contribution in [3.05, 3.63) is 69.8 Å².